The molecule has 5 nitrogen and oxygen atoms in total. The zero-order valence-electron chi connectivity index (χ0n) is 18.7. The van der Waals surface area contributed by atoms with E-state index in [1.807, 2.05) is 36.4 Å². The maximum Gasteiger partial charge on any atom is 0.261 e. The van der Waals surface area contributed by atoms with E-state index in [1.54, 1.807) is 0 Å². The van der Waals surface area contributed by atoms with Crippen molar-refractivity contribution in [1.29, 1.82) is 0 Å². The van der Waals surface area contributed by atoms with Crippen molar-refractivity contribution in [3.8, 4) is 0 Å². The third-order valence-electron chi connectivity index (χ3n) is 6.56. The highest BCUT2D eigenvalue weighted by atomic mass is 19.1. The first-order chi connectivity index (χ1) is 16.7. The Balaban J connectivity index is 1.54. The molecule has 34 heavy (non-hydrogen) atoms. The van der Waals surface area contributed by atoms with Crippen LogP contribution in [-0.4, -0.2) is 19.0 Å². The van der Waals surface area contributed by atoms with Gasteiger partial charge in [0.15, 0.2) is 0 Å². The number of carbonyl (C=O) groups excluding carboxylic acids is 1. The Hall–Kier alpha value is -3.93. The first kappa shape index (κ1) is 20.7. The van der Waals surface area contributed by atoms with Crippen LogP contribution in [0.4, 0.5) is 21.5 Å². The molecule has 2 aliphatic heterocycles. The summed E-state index contributed by atoms with van der Waals surface area (Å²) in [5.41, 5.74) is 6.47. The molecule has 3 aromatic carbocycles. The van der Waals surface area contributed by atoms with Gasteiger partial charge in [-0.1, -0.05) is 18.2 Å². The van der Waals surface area contributed by atoms with Crippen molar-refractivity contribution >= 4 is 33.9 Å². The average Bonchev–Trinajstić information content (AvgIpc) is 2.86. The fraction of sp³-hybridized carbons (Fsp3) is 0.214. The number of hydrogen-bond acceptors (Lipinski definition) is 4. The third-order valence-corrected chi connectivity index (χ3v) is 6.56. The Labute approximate surface area is 196 Å². The van der Waals surface area contributed by atoms with Gasteiger partial charge in [-0.05, 0) is 79.8 Å². The van der Waals surface area contributed by atoms with Gasteiger partial charge in [0.2, 0.25) is 5.55 Å². The molecule has 6 rings (SSSR count). The zero-order chi connectivity index (χ0) is 23.1. The van der Waals surface area contributed by atoms with E-state index >= 15 is 0 Å². The van der Waals surface area contributed by atoms with Gasteiger partial charge in [0.05, 0.1) is 5.69 Å². The van der Waals surface area contributed by atoms with E-state index in [1.165, 1.54) is 41.1 Å². The van der Waals surface area contributed by atoms with Crippen molar-refractivity contribution < 1.29 is 13.6 Å². The van der Waals surface area contributed by atoms with Gasteiger partial charge in [-0.15, -0.1) is 0 Å². The molecule has 170 valence electrons. The van der Waals surface area contributed by atoms with E-state index in [2.05, 4.69) is 16.3 Å². The molecule has 0 atom stereocenters. The second-order valence-corrected chi connectivity index (χ2v) is 8.85. The van der Waals surface area contributed by atoms with Gasteiger partial charge in [0, 0.05) is 35.4 Å². The lowest BCUT2D eigenvalue weighted by molar-refractivity contribution is 0.102. The highest BCUT2D eigenvalue weighted by molar-refractivity contribution is 6.06. The minimum atomic E-state index is -0.355. The Bertz CT molecular complexity index is 1460. The molecule has 0 spiro atoms. The predicted octanol–water partition coefficient (Wildman–Crippen LogP) is 5.76. The third kappa shape index (κ3) is 3.75. The predicted molar refractivity (Wildman–Crippen MR) is 131 cm³/mol. The molecule has 0 aliphatic carbocycles. The quantitative estimate of drug-likeness (QED) is 0.429. The van der Waals surface area contributed by atoms with Crippen molar-refractivity contribution in [3.05, 3.63) is 94.8 Å². The van der Waals surface area contributed by atoms with E-state index in [-0.39, 0.29) is 17.3 Å². The molecule has 0 saturated carbocycles. The smallest absolute Gasteiger partial charge is 0.261 e. The van der Waals surface area contributed by atoms with Crippen LogP contribution in [0.25, 0.3) is 11.0 Å². The number of nitrogens with zero attached hydrogens (tertiary/aromatic N) is 2. The van der Waals surface area contributed by atoms with Crippen molar-refractivity contribution in [2.24, 2.45) is 4.99 Å². The molecular formula is C28H24FN3O2. The van der Waals surface area contributed by atoms with E-state index < -0.39 is 0 Å². The van der Waals surface area contributed by atoms with Crippen LogP contribution in [-0.2, 0) is 12.8 Å². The number of carbonyl (C=O) groups is 1. The van der Waals surface area contributed by atoms with Crippen LogP contribution in [0, 0.1) is 5.82 Å². The van der Waals surface area contributed by atoms with Gasteiger partial charge >= 0.3 is 0 Å². The second-order valence-electron chi connectivity index (χ2n) is 8.85. The van der Waals surface area contributed by atoms with Crippen LogP contribution in [0.5, 0.6) is 0 Å². The van der Waals surface area contributed by atoms with Gasteiger partial charge in [-0.3, -0.25) is 4.79 Å². The number of anilines is 2. The van der Waals surface area contributed by atoms with Crippen LogP contribution in [0.2, 0.25) is 0 Å². The van der Waals surface area contributed by atoms with Crippen molar-refractivity contribution in [2.45, 2.75) is 25.7 Å². The molecule has 6 heteroatoms. The minimum Gasteiger partial charge on any atom is -0.437 e. The normalized spacial score (nSPS) is 15.3. The lowest BCUT2D eigenvalue weighted by Crippen LogP contribution is -2.34. The van der Waals surface area contributed by atoms with Gasteiger partial charge in [-0.2, -0.15) is 0 Å². The molecule has 1 N–H and O–H groups in total. The van der Waals surface area contributed by atoms with Crippen molar-refractivity contribution in [2.75, 3.05) is 23.3 Å². The molecular weight excluding hydrogens is 429 g/mol. The second kappa shape index (κ2) is 8.45. The standard InChI is InChI=1S/C28H24FN3O2/c29-20-10-12-22(13-11-20)30-27(33)24-17-19-16-18-6-4-14-32-15-5-9-23(25(18)32)26(19)34-28(24)31-21-7-2-1-3-8-21/h1-3,7-8,10-13,16-17H,4-6,9,14-15H2,(H,30,33). The van der Waals surface area contributed by atoms with E-state index in [9.17, 15) is 9.18 Å². The zero-order valence-corrected chi connectivity index (χ0v) is 18.7. The average molecular weight is 454 g/mol. The summed E-state index contributed by atoms with van der Waals surface area (Å²) in [5.74, 6) is -0.703. The lowest BCUT2D eigenvalue weighted by Gasteiger charge is -2.37. The molecule has 0 saturated heterocycles. The van der Waals surface area contributed by atoms with Gasteiger partial charge < -0.3 is 14.6 Å². The van der Waals surface area contributed by atoms with Gasteiger partial charge in [0.25, 0.3) is 5.91 Å². The molecule has 3 heterocycles. The number of hydrogen-bond donors (Lipinski definition) is 1. The van der Waals surface area contributed by atoms with Gasteiger partial charge in [0.1, 0.15) is 17.0 Å². The number of benzene rings is 3. The largest absolute Gasteiger partial charge is 0.437 e. The monoisotopic (exact) mass is 453 g/mol. The van der Waals surface area contributed by atoms with Crippen LogP contribution in [0.3, 0.4) is 0 Å². The highest BCUT2D eigenvalue weighted by Gasteiger charge is 2.27. The Morgan fingerprint density at radius 1 is 0.971 bits per heavy atom. The van der Waals surface area contributed by atoms with Crippen LogP contribution in [0.1, 0.15) is 34.3 Å². The van der Waals surface area contributed by atoms with Gasteiger partial charge in [-0.25, -0.2) is 9.38 Å². The van der Waals surface area contributed by atoms with Crippen molar-refractivity contribution in [1.82, 2.24) is 0 Å². The fourth-order valence-corrected chi connectivity index (χ4v) is 5.05. The molecule has 2 aliphatic rings. The summed E-state index contributed by atoms with van der Waals surface area (Å²) >= 11 is 0. The number of rotatable bonds is 3. The van der Waals surface area contributed by atoms with E-state index in [0.717, 1.165) is 49.7 Å². The summed E-state index contributed by atoms with van der Waals surface area (Å²) in [7, 11) is 0. The topological polar surface area (TPSA) is 57.8 Å². The maximum atomic E-state index is 13.3. The first-order valence-electron chi connectivity index (χ1n) is 11.7. The summed E-state index contributed by atoms with van der Waals surface area (Å²) in [6.07, 6.45) is 4.20. The summed E-state index contributed by atoms with van der Waals surface area (Å²) in [5, 5.41) is 3.76. The fourth-order valence-electron chi connectivity index (χ4n) is 5.05. The summed E-state index contributed by atoms with van der Waals surface area (Å²) in [6, 6.07) is 19.2. The first-order valence-corrected chi connectivity index (χ1v) is 11.7. The maximum absolute atomic E-state index is 13.3. The van der Waals surface area contributed by atoms with Crippen LogP contribution < -0.4 is 15.8 Å². The van der Waals surface area contributed by atoms with E-state index in [0.29, 0.717) is 16.9 Å². The van der Waals surface area contributed by atoms with Crippen LogP contribution >= 0.6 is 0 Å². The summed E-state index contributed by atoms with van der Waals surface area (Å²) in [4.78, 5) is 20.5. The van der Waals surface area contributed by atoms with Crippen LogP contribution in [0.15, 0.2) is 76.1 Å². The molecule has 0 bridgehead atoms. The SMILES string of the molecule is O=C(Nc1ccc(F)cc1)c1cc2cc3c4c(c2oc1=Nc1ccccc1)CCCN4CCC3. The Kier molecular flexibility index (Phi) is 5.13. The molecule has 0 radical (unpaired) electrons. The number of nitrogens with one attached hydrogen (secondary N) is 1. The lowest BCUT2D eigenvalue weighted by atomic mass is 9.90. The Morgan fingerprint density at radius 3 is 2.53 bits per heavy atom. The number of fused-ring (bicyclic) bond motifs is 2. The molecule has 1 aromatic heterocycles. The number of amides is 1. The highest BCUT2D eigenvalue weighted by Crippen LogP contribution is 2.39. The summed E-state index contributed by atoms with van der Waals surface area (Å²) < 4.78 is 19.8. The molecule has 1 amide bonds. The minimum absolute atomic E-state index is 0.266. The number of aryl methyl sites for hydroxylation is 2. The van der Waals surface area contributed by atoms with E-state index in [4.69, 9.17) is 9.41 Å². The molecule has 4 aromatic rings. The number of halogens is 1. The molecule has 0 unspecified atom stereocenters. The Morgan fingerprint density at radius 2 is 1.74 bits per heavy atom. The number of para-hydroxylation sites is 1. The van der Waals surface area contributed by atoms with Crippen molar-refractivity contribution in [3.63, 3.8) is 0 Å². The summed E-state index contributed by atoms with van der Waals surface area (Å²) in [6.45, 7) is 2.15. The molecule has 0 fully saturated rings.